The number of benzene rings is 6. The Hall–Kier alpha value is -6.82. The maximum atomic E-state index is 12.2. The third-order valence-corrected chi connectivity index (χ3v) is 13.2. The highest BCUT2D eigenvalue weighted by Gasteiger charge is 2.24. The van der Waals surface area contributed by atoms with Crippen molar-refractivity contribution in [2.24, 2.45) is 30.4 Å². The maximum absolute atomic E-state index is 12.2. The van der Waals surface area contributed by atoms with E-state index in [1.54, 1.807) is 50.2 Å². The molecular formula is C39H36N10O13S4. The fraction of sp³-hybridized carbons (Fsp3) is 0.128. The second kappa shape index (κ2) is 18.2. The zero-order valence-corrected chi connectivity index (χ0v) is 37.3. The smallest absolute Gasteiger partial charge is 0.295 e. The standard InChI is InChI=1S/C39H36N10O13S4/c1-21-15-23(9-11-31(21)48-46-25-17-29-27(35(19-25)65(57,58)59)5-3-7-33(29)63(51,52)53)41-38-43-37(40-13-14-50)44-39(45-38)42-24-10-12-32(22(2)16-24)49-47-26-18-30-28(36(20-26)66(60,61)62)6-4-8-34(30)64(54,55)56/h3-12,15-20,38,41,50H,13-14H2,1-2H3,(H,51,52,53)(H,54,55,56)(H,57,58,59)(H,60,61,62)(H3,40,42,43,44,45). The van der Waals surface area contributed by atoms with E-state index in [1.165, 1.54) is 36.4 Å². The molecule has 0 radical (unpaired) electrons. The van der Waals surface area contributed by atoms with Crippen molar-refractivity contribution in [3.05, 3.63) is 108 Å². The lowest BCUT2D eigenvalue weighted by molar-refractivity contribution is 0.306. The average Bonchev–Trinajstić information content (AvgIpc) is 3.22. The molecular weight excluding hydrogens is 945 g/mol. The molecule has 0 fully saturated rings. The molecule has 6 aromatic rings. The highest BCUT2D eigenvalue weighted by Crippen LogP contribution is 2.36. The number of rotatable bonds is 13. The van der Waals surface area contributed by atoms with Crippen LogP contribution in [0.5, 0.6) is 0 Å². The molecule has 0 aromatic heterocycles. The number of aliphatic hydroxyl groups excluding tert-OH is 1. The molecule has 0 saturated heterocycles. The summed E-state index contributed by atoms with van der Waals surface area (Å²) in [6.45, 7) is 3.22. The molecule has 6 aromatic carbocycles. The molecule has 344 valence electrons. The number of aryl methyl sites for hydroxylation is 2. The molecule has 0 amide bonds. The van der Waals surface area contributed by atoms with E-state index >= 15 is 0 Å². The molecule has 1 unspecified atom stereocenters. The first-order chi connectivity index (χ1) is 31.0. The molecule has 0 spiro atoms. The third kappa shape index (κ3) is 10.8. The first-order valence-corrected chi connectivity index (χ1v) is 24.6. The average molecular weight is 981 g/mol. The van der Waals surface area contributed by atoms with E-state index in [0.29, 0.717) is 33.9 Å². The zero-order valence-electron chi connectivity index (χ0n) is 34.0. The summed E-state index contributed by atoms with van der Waals surface area (Å²) in [7, 11) is -19.3. The lowest BCUT2D eigenvalue weighted by atomic mass is 10.1. The zero-order chi connectivity index (χ0) is 47.8. The first kappa shape index (κ1) is 47.2. The second-order valence-electron chi connectivity index (χ2n) is 14.3. The van der Waals surface area contributed by atoms with Crippen LogP contribution in [-0.2, 0) is 40.5 Å². The molecule has 9 N–H and O–H groups in total. The van der Waals surface area contributed by atoms with Gasteiger partial charge in [-0.1, -0.05) is 24.3 Å². The number of aliphatic imine (C=N–C) groups is 2. The molecule has 1 aliphatic rings. The summed E-state index contributed by atoms with van der Waals surface area (Å²) in [5, 5.41) is 37.6. The molecule has 1 aliphatic heterocycles. The van der Waals surface area contributed by atoms with Crippen LogP contribution < -0.4 is 21.3 Å². The molecule has 27 heteroatoms. The van der Waals surface area contributed by atoms with Crippen LogP contribution >= 0.6 is 0 Å². The van der Waals surface area contributed by atoms with Crippen LogP contribution in [0.4, 0.5) is 34.1 Å². The van der Waals surface area contributed by atoms with Gasteiger partial charge in [-0.25, -0.2) is 4.99 Å². The van der Waals surface area contributed by atoms with Gasteiger partial charge in [0.1, 0.15) is 19.6 Å². The fourth-order valence-electron chi connectivity index (χ4n) is 6.68. The third-order valence-electron chi connectivity index (χ3n) is 9.56. The van der Waals surface area contributed by atoms with Gasteiger partial charge in [0, 0.05) is 32.9 Å². The number of hydrogen-bond acceptors (Lipinski definition) is 17. The summed E-state index contributed by atoms with van der Waals surface area (Å²) in [5.41, 5.74) is 2.60. The summed E-state index contributed by atoms with van der Waals surface area (Å²) in [5.74, 6) is 0.469. The van der Waals surface area contributed by atoms with Gasteiger partial charge in [0.15, 0.2) is 6.29 Å². The van der Waals surface area contributed by atoms with Crippen LogP contribution in [0.1, 0.15) is 11.1 Å². The van der Waals surface area contributed by atoms with Crippen LogP contribution in [0, 0.1) is 13.8 Å². The van der Waals surface area contributed by atoms with Crippen molar-refractivity contribution >= 4 is 108 Å². The number of nitrogens with zero attached hydrogens (tertiary/aromatic N) is 6. The van der Waals surface area contributed by atoms with Crippen LogP contribution in [-0.4, -0.2) is 88.3 Å². The number of aliphatic hydroxyl groups is 1. The molecule has 1 atom stereocenters. The predicted octanol–water partition coefficient (Wildman–Crippen LogP) is 6.13. The quantitative estimate of drug-likeness (QED) is 0.0464. The number of anilines is 2. The van der Waals surface area contributed by atoms with Gasteiger partial charge in [-0.15, -0.1) is 0 Å². The van der Waals surface area contributed by atoms with Crippen LogP contribution in [0.25, 0.3) is 21.5 Å². The molecule has 1 heterocycles. The van der Waals surface area contributed by atoms with E-state index in [-0.39, 0.29) is 58.0 Å². The van der Waals surface area contributed by atoms with E-state index in [1.807, 2.05) is 0 Å². The Morgan fingerprint density at radius 2 is 1.05 bits per heavy atom. The Balaban J connectivity index is 1.11. The minimum atomic E-state index is -4.86. The van der Waals surface area contributed by atoms with Crippen molar-refractivity contribution in [3.8, 4) is 0 Å². The fourth-order valence-corrected chi connectivity index (χ4v) is 9.53. The summed E-state index contributed by atoms with van der Waals surface area (Å²) in [6, 6.07) is 21.4. The number of nitrogens with one attached hydrogen (secondary N) is 4. The summed E-state index contributed by atoms with van der Waals surface area (Å²) >= 11 is 0. The highest BCUT2D eigenvalue weighted by atomic mass is 32.2. The van der Waals surface area contributed by atoms with Gasteiger partial charge in [-0.2, -0.15) is 54.1 Å². The summed E-state index contributed by atoms with van der Waals surface area (Å²) in [6.07, 6.45) is -0.836. The molecule has 0 bridgehead atoms. The van der Waals surface area contributed by atoms with Crippen molar-refractivity contribution in [3.63, 3.8) is 0 Å². The van der Waals surface area contributed by atoms with E-state index in [9.17, 15) is 57.0 Å². The summed E-state index contributed by atoms with van der Waals surface area (Å²) < 4.78 is 136. The second-order valence-corrected chi connectivity index (χ2v) is 19.8. The Morgan fingerprint density at radius 1 is 0.576 bits per heavy atom. The SMILES string of the molecule is Cc1cc(NC2=NC(Nc3ccc(N=Nc4cc(S(=O)(=O)O)c5cccc(S(=O)(=O)O)c5c4)c(C)c3)NC(=NCCO)N2)ccc1N=Nc1cc(S(=O)(=O)O)c2cccc(S(=O)(=O)O)c2c1. The minimum Gasteiger partial charge on any atom is -0.394 e. The van der Waals surface area contributed by atoms with Gasteiger partial charge in [0.2, 0.25) is 11.9 Å². The topological polar surface area (TPSA) is 360 Å². The highest BCUT2D eigenvalue weighted by molar-refractivity contribution is 7.87. The Morgan fingerprint density at radius 3 is 1.50 bits per heavy atom. The van der Waals surface area contributed by atoms with E-state index in [4.69, 9.17) is 0 Å². The van der Waals surface area contributed by atoms with Crippen molar-refractivity contribution in [2.75, 3.05) is 23.8 Å². The van der Waals surface area contributed by atoms with E-state index in [2.05, 4.69) is 51.7 Å². The van der Waals surface area contributed by atoms with Crippen LogP contribution in [0.3, 0.4) is 0 Å². The van der Waals surface area contributed by atoms with Gasteiger partial charge >= 0.3 is 0 Å². The first-order valence-electron chi connectivity index (χ1n) is 18.9. The Kier molecular flexibility index (Phi) is 13.0. The van der Waals surface area contributed by atoms with Gasteiger partial charge in [-0.3, -0.25) is 28.5 Å². The van der Waals surface area contributed by atoms with Gasteiger partial charge in [0.05, 0.1) is 35.9 Å². The van der Waals surface area contributed by atoms with Crippen LogP contribution in [0.2, 0.25) is 0 Å². The van der Waals surface area contributed by atoms with Crippen molar-refractivity contribution in [1.82, 2.24) is 10.6 Å². The number of azo groups is 2. The molecule has 23 nitrogen and oxygen atoms in total. The molecule has 0 aliphatic carbocycles. The Bertz CT molecular complexity index is 3550. The van der Waals surface area contributed by atoms with Gasteiger partial charge < -0.3 is 21.1 Å². The van der Waals surface area contributed by atoms with Crippen LogP contribution in [0.15, 0.2) is 147 Å². The maximum Gasteiger partial charge on any atom is 0.295 e. The van der Waals surface area contributed by atoms with Gasteiger partial charge in [-0.05, 0) is 97.8 Å². The van der Waals surface area contributed by atoms with E-state index < -0.39 is 66.3 Å². The number of guanidine groups is 2. The normalized spacial score (nSPS) is 15.6. The Labute approximate surface area is 376 Å². The lowest BCUT2D eigenvalue weighted by Crippen LogP contribution is -2.55. The number of hydrogen-bond donors (Lipinski definition) is 9. The molecule has 66 heavy (non-hydrogen) atoms. The number of fused-ring (bicyclic) bond motifs is 2. The monoisotopic (exact) mass is 980 g/mol. The van der Waals surface area contributed by atoms with Gasteiger partial charge in [0.25, 0.3) is 40.5 Å². The minimum absolute atomic E-state index is 0.0487. The molecule has 7 rings (SSSR count). The largest absolute Gasteiger partial charge is 0.394 e. The predicted molar refractivity (Wildman–Crippen MR) is 242 cm³/mol. The van der Waals surface area contributed by atoms with E-state index in [0.717, 1.165) is 24.3 Å². The van der Waals surface area contributed by atoms with Crippen molar-refractivity contribution < 1.29 is 57.0 Å². The van der Waals surface area contributed by atoms with Crippen molar-refractivity contribution in [2.45, 2.75) is 39.7 Å². The lowest BCUT2D eigenvalue weighted by Gasteiger charge is -2.27. The summed E-state index contributed by atoms with van der Waals surface area (Å²) in [4.78, 5) is 6.45. The molecule has 0 saturated carbocycles. The van der Waals surface area contributed by atoms with Crippen molar-refractivity contribution in [1.29, 1.82) is 0 Å².